The molecule has 10 heteroatoms. The largest absolute Gasteiger partial charge is 0.317 e. The number of rotatable bonds is 6. The van der Waals surface area contributed by atoms with Crippen molar-refractivity contribution in [2.45, 2.75) is 25.4 Å². The Kier molecular flexibility index (Phi) is 6.65. The number of benzene rings is 2. The predicted molar refractivity (Wildman–Crippen MR) is 143 cm³/mol. The summed E-state index contributed by atoms with van der Waals surface area (Å²) in [6.45, 7) is 2.23. The molecule has 0 radical (unpaired) electrons. The summed E-state index contributed by atoms with van der Waals surface area (Å²) in [6, 6.07) is 14.2. The van der Waals surface area contributed by atoms with E-state index < -0.39 is 11.6 Å². The molecule has 1 N–H and O–H groups in total. The molecule has 3 aromatic heterocycles. The number of hydrogen-bond acceptors (Lipinski definition) is 6. The lowest BCUT2D eigenvalue weighted by atomic mass is 10.1. The molecule has 192 valence electrons. The smallest absolute Gasteiger partial charge is 0.267 e. The monoisotopic (exact) mass is 530 g/mol. The normalized spacial score (nSPS) is 14.2. The van der Waals surface area contributed by atoms with Crippen molar-refractivity contribution in [3.63, 3.8) is 0 Å². The van der Waals surface area contributed by atoms with Gasteiger partial charge in [-0.25, -0.2) is 18.4 Å². The fourth-order valence-corrected chi connectivity index (χ4v) is 5.56. The molecule has 1 aliphatic rings. The van der Waals surface area contributed by atoms with E-state index in [-0.39, 0.29) is 17.7 Å². The quantitative estimate of drug-likeness (QED) is 0.329. The first-order valence-corrected chi connectivity index (χ1v) is 13.2. The molecule has 0 atom stereocenters. The Hall–Kier alpha value is -4.02. The Labute approximate surface area is 221 Å². The molecule has 7 nitrogen and oxygen atoms in total. The van der Waals surface area contributed by atoms with Crippen molar-refractivity contribution in [3.8, 4) is 32.3 Å². The average molecular weight is 531 g/mol. The minimum atomic E-state index is -0.700. The molecule has 1 aliphatic heterocycles. The van der Waals surface area contributed by atoms with Crippen LogP contribution < -0.4 is 10.9 Å². The van der Waals surface area contributed by atoms with Gasteiger partial charge in [-0.2, -0.15) is 10.2 Å². The first kappa shape index (κ1) is 24.3. The number of nitrogens with zero attached hydrogens (tertiary/aromatic N) is 5. The summed E-state index contributed by atoms with van der Waals surface area (Å²) in [5.41, 5.74) is 3.11. The zero-order valence-electron chi connectivity index (χ0n) is 20.3. The number of hydrogen-bond donors (Lipinski definition) is 1. The van der Waals surface area contributed by atoms with Gasteiger partial charge in [-0.1, -0.05) is 18.2 Å². The van der Waals surface area contributed by atoms with Crippen LogP contribution in [0.1, 0.15) is 24.4 Å². The van der Waals surface area contributed by atoms with Crippen molar-refractivity contribution >= 4 is 11.3 Å². The van der Waals surface area contributed by atoms with E-state index in [9.17, 15) is 13.6 Å². The zero-order valence-corrected chi connectivity index (χ0v) is 21.2. The van der Waals surface area contributed by atoms with Crippen molar-refractivity contribution in [1.82, 2.24) is 29.9 Å². The molecule has 4 heterocycles. The molecule has 2 aromatic carbocycles. The summed E-state index contributed by atoms with van der Waals surface area (Å²) < 4.78 is 30.7. The summed E-state index contributed by atoms with van der Waals surface area (Å²) >= 11 is 1.59. The van der Waals surface area contributed by atoms with Crippen molar-refractivity contribution in [2.24, 2.45) is 0 Å². The second-order valence-electron chi connectivity index (χ2n) is 9.29. The first-order chi connectivity index (χ1) is 18.5. The number of aromatic nitrogens is 5. The van der Waals surface area contributed by atoms with E-state index in [0.717, 1.165) is 58.6 Å². The molecule has 0 saturated carbocycles. The van der Waals surface area contributed by atoms with E-state index in [4.69, 9.17) is 0 Å². The van der Waals surface area contributed by atoms with Gasteiger partial charge in [-0.05, 0) is 55.8 Å². The van der Waals surface area contributed by atoms with Gasteiger partial charge in [0.15, 0.2) is 0 Å². The van der Waals surface area contributed by atoms with E-state index in [1.807, 2.05) is 36.7 Å². The van der Waals surface area contributed by atoms with E-state index in [1.54, 1.807) is 11.3 Å². The van der Waals surface area contributed by atoms with Crippen LogP contribution in [0.25, 0.3) is 32.3 Å². The van der Waals surface area contributed by atoms with Crippen LogP contribution in [-0.4, -0.2) is 37.6 Å². The number of nitrogens with one attached hydrogen (secondary N) is 1. The van der Waals surface area contributed by atoms with Crippen LogP contribution >= 0.6 is 11.3 Å². The third kappa shape index (κ3) is 5.18. The highest BCUT2D eigenvalue weighted by atomic mass is 32.1. The van der Waals surface area contributed by atoms with Gasteiger partial charge in [0.05, 0.1) is 29.4 Å². The van der Waals surface area contributed by atoms with Gasteiger partial charge in [0.25, 0.3) is 5.56 Å². The summed E-state index contributed by atoms with van der Waals surface area (Å²) in [5.74, 6) is -1.40. The highest BCUT2D eigenvalue weighted by Gasteiger charge is 2.17. The van der Waals surface area contributed by atoms with Crippen LogP contribution in [0, 0.1) is 11.6 Å². The van der Waals surface area contributed by atoms with Crippen molar-refractivity contribution in [2.75, 3.05) is 13.1 Å². The van der Waals surface area contributed by atoms with Crippen LogP contribution in [-0.2, 0) is 6.54 Å². The maximum absolute atomic E-state index is 13.7. The van der Waals surface area contributed by atoms with Crippen molar-refractivity contribution < 1.29 is 8.78 Å². The number of piperidine rings is 1. The molecule has 1 fully saturated rings. The molecule has 0 bridgehead atoms. The van der Waals surface area contributed by atoms with Gasteiger partial charge < -0.3 is 5.32 Å². The summed E-state index contributed by atoms with van der Waals surface area (Å²) in [6.07, 6.45) is 8.00. The molecule has 6 rings (SSSR count). The Morgan fingerprint density at radius 2 is 1.76 bits per heavy atom. The third-order valence-electron chi connectivity index (χ3n) is 6.61. The predicted octanol–water partition coefficient (Wildman–Crippen LogP) is 5.15. The third-order valence-corrected chi connectivity index (χ3v) is 7.70. The molecule has 0 spiro atoms. The first-order valence-electron chi connectivity index (χ1n) is 12.4. The molecule has 0 amide bonds. The summed E-state index contributed by atoms with van der Waals surface area (Å²) in [5, 5.41) is 13.2. The second kappa shape index (κ2) is 10.4. The van der Waals surface area contributed by atoms with E-state index in [2.05, 4.69) is 31.4 Å². The molecular weight excluding hydrogens is 506 g/mol. The van der Waals surface area contributed by atoms with Crippen LogP contribution in [0.4, 0.5) is 8.78 Å². The molecule has 38 heavy (non-hydrogen) atoms. The highest BCUT2D eigenvalue weighted by molar-refractivity contribution is 7.18. The minimum absolute atomic E-state index is 0.208. The lowest BCUT2D eigenvalue weighted by Gasteiger charge is -2.22. The summed E-state index contributed by atoms with van der Waals surface area (Å²) in [7, 11) is 0. The minimum Gasteiger partial charge on any atom is -0.317 e. The standard InChI is InChI=1S/C28H24F2N6OS/c29-22-11-20(12-23(30)13-22)25-4-5-27(37)36(34-25)16-18-2-1-3-19(10-18)28-32-15-26(38-28)21-14-33-35(17-21)24-6-8-31-9-7-24/h1-5,10-15,17,24,31H,6-9,16H2. The van der Waals surface area contributed by atoms with Gasteiger partial charge in [0, 0.05) is 41.2 Å². The highest BCUT2D eigenvalue weighted by Crippen LogP contribution is 2.33. The number of thiazole rings is 1. The fourth-order valence-electron chi connectivity index (χ4n) is 4.67. The van der Waals surface area contributed by atoms with Crippen molar-refractivity contribution in [3.05, 3.63) is 101 Å². The van der Waals surface area contributed by atoms with Crippen LogP contribution in [0.5, 0.6) is 0 Å². The van der Waals surface area contributed by atoms with Gasteiger partial charge in [-0.3, -0.25) is 9.48 Å². The topological polar surface area (TPSA) is 77.6 Å². The molecular formula is C28H24F2N6OS. The van der Waals surface area contributed by atoms with Crippen LogP contribution in [0.15, 0.2) is 78.0 Å². The summed E-state index contributed by atoms with van der Waals surface area (Å²) in [4.78, 5) is 18.2. The average Bonchev–Trinajstić information content (AvgIpc) is 3.61. The Morgan fingerprint density at radius 1 is 0.947 bits per heavy atom. The molecule has 1 saturated heterocycles. The number of halogens is 2. The zero-order chi connectivity index (χ0) is 26.1. The van der Waals surface area contributed by atoms with Gasteiger partial charge in [-0.15, -0.1) is 11.3 Å². The second-order valence-corrected chi connectivity index (χ2v) is 10.3. The van der Waals surface area contributed by atoms with E-state index in [1.165, 1.54) is 28.9 Å². The van der Waals surface area contributed by atoms with Gasteiger partial charge >= 0.3 is 0 Å². The fraction of sp³-hybridized carbons (Fsp3) is 0.214. The van der Waals surface area contributed by atoms with Crippen molar-refractivity contribution in [1.29, 1.82) is 0 Å². The SMILES string of the molecule is O=c1ccc(-c2cc(F)cc(F)c2)nn1Cc1cccc(-c2ncc(-c3cnn(C4CCNCC4)c3)s2)c1. The Bertz CT molecular complexity index is 1630. The van der Waals surface area contributed by atoms with E-state index in [0.29, 0.717) is 11.7 Å². The van der Waals surface area contributed by atoms with Crippen LogP contribution in [0.2, 0.25) is 0 Å². The maximum atomic E-state index is 13.7. The Balaban J connectivity index is 1.23. The van der Waals surface area contributed by atoms with Gasteiger partial charge in [0.1, 0.15) is 16.6 Å². The molecule has 0 aliphatic carbocycles. The lowest BCUT2D eigenvalue weighted by Crippen LogP contribution is -2.29. The van der Waals surface area contributed by atoms with E-state index >= 15 is 0 Å². The van der Waals surface area contributed by atoms with Crippen LogP contribution in [0.3, 0.4) is 0 Å². The Morgan fingerprint density at radius 3 is 2.58 bits per heavy atom. The molecule has 0 unspecified atom stereocenters. The van der Waals surface area contributed by atoms with Gasteiger partial charge in [0.2, 0.25) is 0 Å². The lowest BCUT2D eigenvalue weighted by molar-refractivity contribution is 0.343. The molecule has 5 aromatic rings. The maximum Gasteiger partial charge on any atom is 0.267 e.